The van der Waals surface area contributed by atoms with Crippen LogP contribution in [-0.4, -0.2) is 61.1 Å². The maximum atomic E-state index is 4.75. The van der Waals surface area contributed by atoms with Crippen LogP contribution in [0.15, 0.2) is 4.99 Å². The van der Waals surface area contributed by atoms with Gasteiger partial charge < -0.3 is 15.5 Å². The zero-order valence-corrected chi connectivity index (χ0v) is 13.1. The number of likely N-dealkylation sites (tertiary alicyclic amines) is 1. The van der Waals surface area contributed by atoms with Crippen LogP contribution in [0.3, 0.4) is 0 Å². The molecule has 19 heavy (non-hydrogen) atoms. The molecular formula is C14H28N4S. The molecule has 0 aromatic heterocycles. The Hall–Kier alpha value is -0.420. The summed E-state index contributed by atoms with van der Waals surface area (Å²) >= 11 is 2.09. The largest absolute Gasteiger partial charge is 0.357 e. The van der Waals surface area contributed by atoms with Gasteiger partial charge in [-0.2, -0.15) is 11.8 Å². The number of likely N-dealkylation sites (N-methyl/N-ethyl adjacent to an activating group) is 1. The first kappa shape index (κ1) is 15.0. The Morgan fingerprint density at radius 1 is 1.32 bits per heavy atom. The van der Waals surface area contributed by atoms with Crippen LogP contribution in [0.2, 0.25) is 0 Å². The van der Waals surface area contributed by atoms with E-state index in [0.29, 0.717) is 6.04 Å². The van der Waals surface area contributed by atoms with Gasteiger partial charge in [0, 0.05) is 24.4 Å². The number of guanidine groups is 1. The van der Waals surface area contributed by atoms with E-state index in [9.17, 15) is 0 Å². The van der Waals surface area contributed by atoms with Crippen molar-refractivity contribution < 1.29 is 0 Å². The van der Waals surface area contributed by atoms with Crippen molar-refractivity contribution in [3.8, 4) is 0 Å². The molecule has 2 aliphatic heterocycles. The first-order valence-corrected chi connectivity index (χ1v) is 8.68. The summed E-state index contributed by atoms with van der Waals surface area (Å²) in [4.78, 5) is 7.18. The van der Waals surface area contributed by atoms with Gasteiger partial charge >= 0.3 is 0 Å². The van der Waals surface area contributed by atoms with Gasteiger partial charge in [-0.25, -0.2) is 0 Å². The van der Waals surface area contributed by atoms with Crippen LogP contribution in [0.5, 0.6) is 0 Å². The summed E-state index contributed by atoms with van der Waals surface area (Å²) in [6, 6.07) is 0.635. The minimum atomic E-state index is 0.635. The van der Waals surface area contributed by atoms with Crippen molar-refractivity contribution in [2.45, 2.75) is 43.9 Å². The second kappa shape index (κ2) is 8.00. The van der Waals surface area contributed by atoms with Crippen molar-refractivity contribution in [3.63, 3.8) is 0 Å². The summed E-state index contributed by atoms with van der Waals surface area (Å²) in [5, 5.41) is 7.63. The van der Waals surface area contributed by atoms with Gasteiger partial charge in [0.15, 0.2) is 5.96 Å². The Balaban J connectivity index is 1.76. The lowest BCUT2D eigenvalue weighted by Gasteiger charge is -2.19. The van der Waals surface area contributed by atoms with E-state index in [-0.39, 0.29) is 0 Å². The minimum Gasteiger partial charge on any atom is -0.357 e. The summed E-state index contributed by atoms with van der Waals surface area (Å²) in [5.41, 5.74) is 0. The molecule has 2 fully saturated rings. The van der Waals surface area contributed by atoms with Crippen LogP contribution in [0.4, 0.5) is 0 Å². The third kappa shape index (κ3) is 4.88. The van der Waals surface area contributed by atoms with E-state index in [1.165, 1.54) is 38.0 Å². The first-order chi connectivity index (χ1) is 9.29. The number of hydrogen-bond acceptors (Lipinski definition) is 3. The number of aliphatic imine (C=N–C) groups is 1. The SMILES string of the molecule is CCNC(=NCC1CCCN1C)NCC1CCCS1. The normalized spacial score (nSPS) is 28.8. The minimum absolute atomic E-state index is 0.635. The van der Waals surface area contributed by atoms with E-state index in [2.05, 4.69) is 41.3 Å². The lowest BCUT2D eigenvalue weighted by Crippen LogP contribution is -2.41. The molecule has 2 unspecified atom stereocenters. The molecule has 0 aliphatic carbocycles. The highest BCUT2D eigenvalue weighted by molar-refractivity contribution is 8.00. The summed E-state index contributed by atoms with van der Waals surface area (Å²) in [6.45, 7) is 6.26. The van der Waals surface area contributed by atoms with Gasteiger partial charge in [0.05, 0.1) is 6.54 Å². The fraction of sp³-hybridized carbons (Fsp3) is 0.929. The highest BCUT2D eigenvalue weighted by Gasteiger charge is 2.20. The fourth-order valence-corrected chi connectivity index (χ4v) is 3.97. The van der Waals surface area contributed by atoms with Gasteiger partial charge in [0.25, 0.3) is 0 Å². The standard InChI is InChI=1S/C14H28N4S/c1-3-15-14(17-11-13-7-5-9-19-13)16-10-12-6-4-8-18(12)2/h12-13H,3-11H2,1-2H3,(H2,15,16,17). The molecular weight excluding hydrogens is 256 g/mol. The quantitative estimate of drug-likeness (QED) is 0.593. The molecule has 2 saturated heterocycles. The van der Waals surface area contributed by atoms with Gasteiger partial charge in [-0.15, -0.1) is 0 Å². The lowest BCUT2D eigenvalue weighted by molar-refractivity contribution is 0.317. The molecule has 0 bridgehead atoms. The van der Waals surface area contributed by atoms with E-state index in [4.69, 9.17) is 4.99 Å². The van der Waals surface area contributed by atoms with Crippen molar-refractivity contribution >= 4 is 17.7 Å². The molecule has 0 aromatic rings. The molecule has 2 N–H and O–H groups in total. The molecule has 0 aromatic carbocycles. The van der Waals surface area contributed by atoms with Crippen molar-refractivity contribution in [1.29, 1.82) is 0 Å². The van der Waals surface area contributed by atoms with Gasteiger partial charge in [0.2, 0.25) is 0 Å². The maximum absolute atomic E-state index is 4.75. The van der Waals surface area contributed by atoms with Crippen molar-refractivity contribution in [2.24, 2.45) is 4.99 Å². The fourth-order valence-electron chi connectivity index (χ4n) is 2.76. The second-order valence-electron chi connectivity index (χ2n) is 5.51. The Kier molecular flexibility index (Phi) is 6.31. The predicted octanol–water partition coefficient (Wildman–Crippen LogP) is 1.53. The molecule has 0 amide bonds. The van der Waals surface area contributed by atoms with E-state index < -0.39 is 0 Å². The first-order valence-electron chi connectivity index (χ1n) is 7.63. The van der Waals surface area contributed by atoms with Gasteiger partial charge in [-0.3, -0.25) is 4.99 Å². The Bertz CT molecular complexity index is 289. The molecule has 0 spiro atoms. The molecule has 2 aliphatic rings. The summed E-state index contributed by atoms with van der Waals surface area (Å²) in [6.07, 6.45) is 5.33. The summed E-state index contributed by atoms with van der Waals surface area (Å²) < 4.78 is 0. The van der Waals surface area contributed by atoms with E-state index in [1.807, 2.05) is 0 Å². The number of rotatable bonds is 5. The monoisotopic (exact) mass is 284 g/mol. The number of nitrogens with zero attached hydrogens (tertiary/aromatic N) is 2. The number of hydrogen-bond donors (Lipinski definition) is 2. The molecule has 110 valence electrons. The van der Waals surface area contributed by atoms with E-state index in [1.54, 1.807) is 0 Å². The number of thioether (sulfide) groups is 1. The predicted molar refractivity (Wildman–Crippen MR) is 85.1 cm³/mol. The summed E-state index contributed by atoms with van der Waals surface area (Å²) in [7, 11) is 2.21. The highest BCUT2D eigenvalue weighted by Crippen LogP contribution is 2.25. The Morgan fingerprint density at radius 2 is 2.21 bits per heavy atom. The van der Waals surface area contributed by atoms with Gasteiger partial charge in [0.1, 0.15) is 0 Å². The Labute approximate surface area is 121 Å². The van der Waals surface area contributed by atoms with Gasteiger partial charge in [-0.05, 0) is 52.0 Å². The second-order valence-corrected chi connectivity index (χ2v) is 6.92. The molecule has 4 nitrogen and oxygen atoms in total. The van der Waals surface area contributed by atoms with E-state index in [0.717, 1.165) is 30.8 Å². The van der Waals surface area contributed by atoms with Crippen molar-refractivity contribution in [3.05, 3.63) is 0 Å². The topological polar surface area (TPSA) is 39.7 Å². The van der Waals surface area contributed by atoms with Crippen LogP contribution in [-0.2, 0) is 0 Å². The molecule has 5 heteroatoms. The van der Waals surface area contributed by atoms with Crippen LogP contribution in [0.1, 0.15) is 32.6 Å². The average Bonchev–Trinajstić information content (AvgIpc) is 3.04. The third-order valence-electron chi connectivity index (χ3n) is 4.00. The van der Waals surface area contributed by atoms with Crippen LogP contribution >= 0.6 is 11.8 Å². The Morgan fingerprint density at radius 3 is 2.84 bits per heavy atom. The zero-order chi connectivity index (χ0) is 13.5. The van der Waals surface area contributed by atoms with Crippen LogP contribution in [0, 0.1) is 0 Å². The molecule has 2 heterocycles. The molecule has 0 saturated carbocycles. The molecule has 2 atom stereocenters. The summed E-state index contributed by atoms with van der Waals surface area (Å²) in [5.74, 6) is 2.32. The number of nitrogens with one attached hydrogen (secondary N) is 2. The molecule has 2 rings (SSSR count). The van der Waals surface area contributed by atoms with Crippen LogP contribution < -0.4 is 10.6 Å². The van der Waals surface area contributed by atoms with Crippen molar-refractivity contribution in [1.82, 2.24) is 15.5 Å². The highest BCUT2D eigenvalue weighted by atomic mass is 32.2. The third-order valence-corrected chi connectivity index (χ3v) is 5.40. The van der Waals surface area contributed by atoms with E-state index >= 15 is 0 Å². The van der Waals surface area contributed by atoms with Crippen LogP contribution in [0.25, 0.3) is 0 Å². The zero-order valence-electron chi connectivity index (χ0n) is 12.3. The van der Waals surface area contributed by atoms with Crippen molar-refractivity contribution in [2.75, 3.05) is 39.0 Å². The lowest BCUT2D eigenvalue weighted by atomic mass is 10.2. The van der Waals surface area contributed by atoms with Gasteiger partial charge in [-0.1, -0.05) is 0 Å². The average molecular weight is 284 g/mol. The molecule has 0 radical (unpaired) electrons. The smallest absolute Gasteiger partial charge is 0.191 e. The maximum Gasteiger partial charge on any atom is 0.191 e.